The molecule has 1 N–H and O–H groups in total. The van der Waals surface area contributed by atoms with Crippen LogP contribution < -0.4 is 9.62 Å². The van der Waals surface area contributed by atoms with Crippen LogP contribution in [0.5, 0.6) is 0 Å². The number of nitrogens with zero attached hydrogens (tertiary/aromatic N) is 1. The zero-order valence-corrected chi connectivity index (χ0v) is 17.8. The Morgan fingerprint density at radius 2 is 1.61 bits per heavy atom. The number of nitrogens with one attached hydrogen (secondary N) is 1. The van der Waals surface area contributed by atoms with E-state index >= 15 is 0 Å². The van der Waals surface area contributed by atoms with Gasteiger partial charge in [0.25, 0.3) is 10.0 Å². The van der Waals surface area contributed by atoms with Crippen LogP contribution >= 0.6 is 0 Å². The van der Waals surface area contributed by atoms with Crippen LogP contribution in [0, 0.1) is 20.8 Å². The van der Waals surface area contributed by atoms with Gasteiger partial charge in [0, 0.05) is 13.2 Å². The van der Waals surface area contributed by atoms with Gasteiger partial charge >= 0.3 is 0 Å². The molecule has 2 rings (SSSR count). The van der Waals surface area contributed by atoms with Crippen molar-refractivity contribution >= 4 is 21.6 Å². The van der Waals surface area contributed by atoms with E-state index in [0.29, 0.717) is 12.3 Å². The molecule has 0 heterocycles. The summed E-state index contributed by atoms with van der Waals surface area (Å²) < 4.78 is 32.9. The second-order valence-electron chi connectivity index (χ2n) is 7.09. The maximum absolute atomic E-state index is 13.3. The number of carbonyl (C=O) groups excluding carboxylic acids is 1. The van der Waals surface area contributed by atoms with Gasteiger partial charge in [-0.2, -0.15) is 0 Å². The van der Waals surface area contributed by atoms with Crippen LogP contribution in [0.4, 0.5) is 5.69 Å². The molecule has 6 nitrogen and oxygen atoms in total. The number of aryl methyl sites for hydroxylation is 3. The first kappa shape index (κ1) is 21.9. The molecule has 0 radical (unpaired) electrons. The van der Waals surface area contributed by atoms with Crippen LogP contribution in [-0.2, 0) is 19.6 Å². The maximum Gasteiger partial charge on any atom is 0.264 e. The number of benzene rings is 2. The Kier molecular flexibility index (Phi) is 7.21. The second kappa shape index (κ2) is 9.21. The zero-order valence-electron chi connectivity index (χ0n) is 17.0. The van der Waals surface area contributed by atoms with Crippen LogP contribution in [0.15, 0.2) is 47.4 Å². The number of ether oxygens (including phenoxy) is 1. The Bertz CT molecular complexity index is 904. The summed E-state index contributed by atoms with van der Waals surface area (Å²) in [6, 6.07) is 11.9. The predicted octanol–water partition coefficient (Wildman–Crippen LogP) is 2.96. The molecule has 0 aliphatic rings. The van der Waals surface area contributed by atoms with Crippen LogP contribution in [-0.4, -0.2) is 40.6 Å². The molecule has 0 bridgehead atoms. The minimum Gasteiger partial charge on any atom is -0.383 e. The van der Waals surface area contributed by atoms with Crippen molar-refractivity contribution in [3.05, 3.63) is 59.2 Å². The fourth-order valence-corrected chi connectivity index (χ4v) is 4.39. The third-order valence-corrected chi connectivity index (χ3v) is 6.00. The average Bonchev–Trinajstić information content (AvgIpc) is 2.59. The van der Waals surface area contributed by atoms with Crippen molar-refractivity contribution in [3.8, 4) is 0 Å². The highest BCUT2D eigenvalue weighted by Crippen LogP contribution is 2.26. The van der Waals surface area contributed by atoms with E-state index < -0.39 is 10.0 Å². The minimum atomic E-state index is -3.91. The van der Waals surface area contributed by atoms with Crippen molar-refractivity contribution in [2.24, 2.45) is 0 Å². The van der Waals surface area contributed by atoms with Gasteiger partial charge in [0.15, 0.2) is 0 Å². The van der Waals surface area contributed by atoms with E-state index in [-0.39, 0.29) is 23.4 Å². The van der Waals surface area contributed by atoms with Gasteiger partial charge in [0.05, 0.1) is 17.2 Å². The van der Waals surface area contributed by atoms with Gasteiger partial charge in [-0.15, -0.1) is 0 Å². The summed E-state index contributed by atoms with van der Waals surface area (Å²) in [7, 11) is -2.36. The molecule has 2 aromatic carbocycles. The SMILES string of the molecule is COC[C@@H](C)NC(=O)CN(c1cc(C)cc(C)c1)S(=O)(=O)c1ccc(C)cc1. The Morgan fingerprint density at radius 1 is 1.04 bits per heavy atom. The van der Waals surface area contributed by atoms with Gasteiger partial charge in [-0.05, 0) is 63.1 Å². The van der Waals surface area contributed by atoms with Gasteiger partial charge in [-0.3, -0.25) is 9.10 Å². The highest BCUT2D eigenvalue weighted by atomic mass is 32.2. The molecule has 0 unspecified atom stereocenters. The van der Waals surface area contributed by atoms with E-state index in [9.17, 15) is 13.2 Å². The van der Waals surface area contributed by atoms with Crippen molar-refractivity contribution in [2.45, 2.75) is 38.6 Å². The van der Waals surface area contributed by atoms with E-state index in [1.165, 1.54) is 0 Å². The smallest absolute Gasteiger partial charge is 0.264 e. The molecule has 0 fully saturated rings. The number of sulfonamides is 1. The molecule has 152 valence electrons. The average molecular weight is 405 g/mol. The number of carbonyl (C=O) groups is 1. The quantitative estimate of drug-likeness (QED) is 0.734. The molecule has 0 saturated carbocycles. The number of hydrogen-bond donors (Lipinski definition) is 1. The number of anilines is 1. The highest BCUT2D eigenvalue weighted by molar-refractivity contribution is 7.92. The first-order valence-corrected chi connectivity index (χ1v) is 10.5. The van der Waals surface area contributed by atoms with E-state index in [4.69, 9.17) is 4.74 Å². The summed E-state index contributed by atoms with van der Waals surface area (Å²) in [6.45, 7) is 7.52. The monoisotopic (exact) mass is 404 g/mol. The van der Waals surface area contributed by atoms with Crippen LogP contribution in [0.1, 0.15) is 23.6 Å². The maximum atomic E-state index is 13.3. The molecule has 1 amide bonds. The summed E-state index contributed by atoms with van der Waals surface area (Å²) in [4.78, 5) is 12.7. The second-order valence-corrected chi connectivity index (χ2v) is 8.96. The van der Waals surface area contributed by atoms with Gasteiger partial charge in [0.1, 0.15) is 6.54 Å². The summed E-state index contributed by atoms with van der Waals surface area (Å²) in [5.74, 6) is -0.389. The fraction of sp³-hybridized carbons (Fsp3) is 0.381. The Hall–Kier alpha value is -2.38. The van der Waals surface area contributed by atoms with Crippen molar-refractivity contribution in [1.29, 1.82) is 0 Å². The third-order valence-electron chi connectivity index (χ3n) is 4.21. The van der Waals surface area contributed by atoms with Crippen molar-refractivity contribution in [3.63, 3.8) is 0 Å². The standard InChI is InChI=1S/C21H28N2O4S/c1-15-6-8-20(9-7-15)28(25,26)23(13-21(24)22-18(4)14-27-5)19-11-16(2)10-17(3)12-19/h6-12,18H,13-14H2,1-5H3,(H,22,24)/t18-/m1/s1. The largest absolute Gasteiger partial charge is 0.383 e. The summed E-state index contributed by atoms with van der Waals surface area (Å²) in [5.41, 5.74) is 3.27. The first-order chi connectivity index (χ1) is 13.1. The van der Waals surface area contributed by atoms with Gasteiger partial charge in [0.2, 0.25) is 5.91 Å². The van der Waals surface area contributed by atoms with Gasteiger partial charge < -0.3 is 10.1 Å². The lowest BCUT2D eigenvalue weighted by Gasteiger charge is -2.25. The van der Waals surface area contributed by atoms with E-state index in [2.05, 4.69) is 5.32 Å². The van der Waals surface area contributed by atoms with Crippen LogP contribution in [0.3, 0.4) is 0 Å². The molecule has 0 spiro atoms. The van der Waals surface area contributed by atoms with Gasteiger partial charge in [-0.1, -0.05) is 23.8 Å². The molecule has 0 aliphatic heterocycles. The van der Waals surface area contributed by atoms with Crippen molar-refractivity contribution < 1.29 is 17.9 Å². The van der Waals surface area contributed by atoms with Crippen molar-refractivity contribution in [1.82, 2.24) is 5.32 Å². The lowest BCUT2D eigenvalue weighted by Crippen LogP contribution is -2.44. The van der Waals surface area contributed by atoms with E-state index in [0.717, 1.165) is 21.0 Å². The number of methoxy groups -OCH3 is 1. The molecule has 0 aliphatic carbocycles. The molecular weight excluding hydrogens is 376 g/mol. The first-order valence-electron chi connectivity index (χ1n) is 9.09. The van der Waals surface area contributed by atoms with Crippen LogP contribution in [0.25, 0.3) is 0 Å². The van der Waals surface area contributed by atoms with Gasteiger partial charge in [-0.25, -0.2) is 8.42 Å². The number of rotatable bonds is 8. The Morgan fingerprint density at radius 3 is 2.14 bits per heavy atom. The molecule has 0 saturated heterocycles. The molecule has 7 heteroatoms. The molecule has 0 aromatic heterocycles. The highest BCUT2D eigenvalue weighted by Gasteiger charge is 2.28. The molecular formula is C21H28N2O4S. The fourth-order valence-electron chi connectivity index (χ4n) is 2.99. The van der Waals surface area contributed by atoms with Crippen LogP contribution in [0.2, 0.25) is 0 Å². The third kappa shape index (κ3) is 5.56. The number of amides is 1. The summed E-state index contributed by atoms with van der Waals surface area (Å²) in [5, 5.41) is 2.77. The van der Waals surface area contributed by atoms with E-state index in [1.54, 1.807) is 50.4 Å². The Balaban J connectivity index is 2.43. The zero-order chi connectivity index (χ0) is 20.9. The normalized spacial score (nSPS) is 12.5. The topological polar surface area (TPSA) is 75.7 Å². The summed E-state index contributed by atoms with van der Waals surface area (Å²) in [6.07, 6.45) is 0. The minimum absolute atomic E-state index is 0.148. The molecule has 2 aromatic rings. The lowest BCUT2D eigenvalue weighted by atomic mass is 10.1. The van der Waals surface area contributed by atoms with E-state index in [1.807, 2.05) is 26.8 Å². The molecule has 1 atom stereocenters. The lowest BCUT2D eigenvalue weighted by molar-refractivity contribution is -0.120. The summed E-state index contributed by atoms with van der Waals surface area (Å²) >= 11 is 0. The predicted molar refractivity (Wildman–Crippen MR) is 111 cm³/mol. The number of hydrogen-bond acceptors (Lipinski definition) is 4. The Labute approximate surface area is 167 Å². The van der Waals surface area contributed by atoms with Crippen molar-refractivity contribution in [2.75, 3.05) is 24.6 Å². The molecule has 28 heavy (non-hydrogen) atoms.